The number of nitrogens with zero attached hydrogens (tertiary/aromatic N) is 4. The molecule has 0 fully saturated rings. The van der Waals surface area contributed by atoms with Gasteiger partial charge in [0.05, 0.1) is 0 Å². The second-order valence-corrected chi connectivity index (χ2v) is 7.38. The van der Waals surface area contributed by atoms with E-state index < -0.39 is 0 Å². The van der Waals surface area contributed by atoms with Gasteiger partial charge in [-0.05, 0) is 37.5 Å². The summed E-state index contributed by atoms with van der Waals surface area (Å²) in [7, 11) is 0. The van der Waals surface area contributed by atoms with Gasteiger partial charge < -0.3 is 4.42 Å². The van der Waals surface area contributed by atoms with Crippen molar-refractivity contribution in [3.8, 4) is 11.5 Å². The molecule has 0 spiro atoms. The van der Waals surface area contributed by atoms with Gasteiger partial charge in [0, 0.05) is 23.2 Å². The van der Waals surface area contributed by atoms with Gasteiger partial charge in [-0.3, -0.25) is 0 Å². The van der Waals surface area contributed by atoms with Crippen molar-refractivity contribution in [1.82, 2.24) is 19.6 Å². The number of rotatable bonds is 4. The standard InChI is InChI=1S/C15H16N4OS2/c1-8(2)12-16-15(22-19-12)21-14-18-17-13(20-14)11-6-9(3)5-10(4)7-11/h5-8H,1-4H3. The van der Waals surface area contributed by atoms with E-state index in [2.05, 4.69) is 53.3 Å². The molecule has 114 valence electrons. The van der Waals surface area contributed by atoms with E-state index in [1.807, 2.05) is 12.1 Å². The summed E-state index contributed by atoms with van der Waals surface area (Å²) in [6, 6.07) is 6.19. The number of aromatic nitrogens is 4. The van der Waals surface area contributed by atoms with Crippen molar-refractivity contribution in [2.24, 2.45) is 0 Å². The molecule has 0 bridgehead atoms. The van der Waals surface area contributed by atoms with Crippen LogP contribution in [0.2, 0.25) is 0 Å². The fourth-order valence-corrected chi connectivity index (χ4v) is 3.56. The summed E-state index contributed by atoms with van der Waals surface area (Å²) in [5, 5.41) is 8.70. The molecular formula is C15H16N4OS2. The predicted octanol–water partition coefficient (Wildman–Crippen LogP) is 4.48. The zero-order valence-corrected chi connectivity index (χ0v) is 14.5. The first-order valence-corrected chi connectivity index (χ1v) is 8.54. The van der Waals surface area contributed by atoms with Crippen molar-refractivity contribution in [3.63, 3.8) is 0 Å². The van der Waals surface area contributed by atoms with E-state index in [0.29, 0.717) is 17.0 Å². The van der Waals surface area contributed by atoms with E-state index >= 15 is 0 Å². The topological polar surface area (TPSA) is 64.7 Å². The summed E-state index contributed by atoms with van der Waals surface area (Å²) in [5.74, 6) is 1.70. The fourth-order valence-electron chi connectivity index (χ4n) is 2.04. The smallest absolute Gasteiger partial charge is 0.284 e. The second-order valence-electron chi connectivity index (χ2n) is 5.42. The quantitative estimate of drug-likeness (QED) is 0.702. The van der Waals surface area contributed by atoms with Gasteiger partial charge >= 0.3 is 0 Å². The molecule has 0 atom stereocenters. The molecule has 0 aliphatic rings. The van der Waals surface area contributed by atoms with Crippen LogP contribution in [-0.4, -0.2) is 19.6 Å². The van der Waals surface area contributed by atoms with Crippen LogP contribution in [-0.2, 0) is 0 Å². The van der Waals surface area contributed by atoms with Crippen LogP contribution in [0.15, 0.2) is 32.2 Å². The molecule has 22 heavy (non-hydrogen) atoms. The maximum absolute atomic E-state index is 5.73. The lowest BCUT2D eigenvalue weighted by Gasteiger charge is -1.99. The molecule has 3 aromatic rings. The number of hydrogen-bond donors (Lipinski definition) is 0. The Hall–Kier alpha value is -1.73. The minimum atomic E-state index is 0.319. The fraction of sp³-hybridized carbons (Fsp3) is 0.333. The predicted molar refractivity (Wildman–Crippen MR) is 87.3 cm³/mol. The highest BCUT2D eigenvalue weighted by Crippen LogP contribution is 2.31. The van der Waals surface area contributed by atoms with Crippen molar-refractivity contribution in [2.75, 3.05) is 0 Å². The second kappa shape index (κ2) is 6.18. The van der Waals surface area contributed by atoms with Crippen LogP contribution in [0.3, 0.4) is 0 Å². The van der Waals surface area contributed by atoms with Crippen LogP contribution in [0.25, 0.3) is 11.5 Å². The summed E-state index contributed by atoms with van der Waals surface area (Å²) >= 11 is 2.71. The first-order valence-electron chi connectivity index (χ1n) is 6.95. The van der Waals surface area contributed by atoms with Crippen LogP contribution < -0.4 is 0 Å². The summed E-state index contributed by atoms with van der Waals surface area (Å²) in [4.78, 5) is 4.46. The molecule has 0 amide bonds. The van der Waals surface area contributed by atoms with Crippen LogP contribution in [0.5, 0.6) is 0 Å². The molecule has 0 saturated heterocycles. The largest absolute Gasteiger partial charge is 0.411 e. The van der Waals surface area contributed by atoms with Crippen molar-refractivity contribution >= 4 is 23.3 Å². The Kier molecular flexibility index (Phi) is 4.26. The molecule has 0 aliphatic heterocycles. The van der Waals surface area contributed by atoms with Gasteiger partial charge in [0.25, 0.3) is 5.22 Å². The Morgan fingerprint density at radius 2 is 1.82 bits per heavy atom. The van der Waals surface area contributed by atoms with Crippen molar-refractivity contribution in [2.45, 2.75) is 43.2 Å². The Balaban J connectivity index is 1.81. The van der Waals surface area contributed by atoms with Crippen LogP contribution in [0.4, 0.5) is 0 Å². The molecule has 0 unspecified atom stereocenters. The van der Waals surface area contributed by atoms with Gasteiger partial charge in [0.1, 0.15) is 5.82 Å². The molecule has 5 nitrogen and oxygen atoms in total. The highest BCUT2D eigenvalue weighted by molar-refractivity contribution is 8.00. The molecule has 2 aromatic heterocycles. The summed E-state index contributed by atoms with van der Waals surface area (Å²) in [6.45, 7) is 8.25. The molecule has 0 aliphatic carbocycles. The molecule has 3 rings (SSSR count). The number of benzene rings is 1. The van der Waals surface area contributed by atoms with E-state index in [4.69, 9.17) is 4.42 Å². The van der Waals surface area contributed by atoms with Gasteiger partial charge in [-0.25, -0.2) is 4.98 Å². The molecule has 7 heteroatoms. The third kappa shape index (κ3) is 3.36. The van der Waals surface area contributed by atoms with E-state index in [0.717, 1.165) is 15.7 Å². The third-order valence-corrected chi connectivity index (χ3v) is 4.59. The summed E-state index contributed by atoms with van der Waals surface area (Å²) in [6.07, 6.45) is 0. The van der Waals surface area contributed by atoms with Gasteiger partial charge in [-0.15, -0.1) is 10.2 Å². The average molecular weight is 332 g/mol. The molecule has 0 saturated carbocycles. The lowest BCUT2D eigenvalue weighted by molar-refractivity contribution is 0.466. The zero-order chi connectivity index (χ0) is 15.7. The monoisotopic (exact) mass is 332 g/mol. The first-order chi connectivity index (χ1) is 10.5. The first kappa shape index (κ1) is 15.2. The normalized spacial score (nSPS) is 11.3. The minimum Gasteiger partial charge on any atom is -0.411 e. The highest BCUT2D eigenvalue weighted by Gasteiger charge is 2.14. The van der Waals surface area contributed by atoms with Gasteiger partial charge in [-0.2, -0.15) is 4.37 Å². The molecular weight excluding hydrogens is 316 g/mol. The third-order valence-electron chi connectivity index (χ3n) is 2.99. The van der Waals surface area contributed by atoms with E-state index in [9.17, 15) is 0 Å². The van der Waals surface area contributed by atoms with Gasteiger partial charge in [0.2, 0.25) is 5.89 Å². The maximum atomic E-state index is 5.73. The van der Waals surface area contributed by atoms with E-state index in [1.54, 1.807) is 0 Å². The maximum Gasteiger partial charge on any atom is 0.284 e. The lowest BCUT2D eigenvalue weighted by Crippen LogP contribution is -1.88. The Bertz CT molecular complexity index is 774. The Morgan fingerprint density at radius 1 is 1.09 bits per heavy atom. The van der Waals surface area contributed by atoms with Gasteiger partial charge in [-0.1, -0.05) is 31.0 Å². The van der Waals surface area contributed by atoms with Crippen molar-refractivity contribution in [1.29, 1.82) is 0 Å². The van der Waals surface area contributed by atoms with Crippen LogP contribution in [0.1, 0.15) is 36.7 Å². The van der Waals surface area contributed by atoms with Crippen LogP contribution in [0, 0.1) is 13.8 Å². The van der Waals surface area contributed by atoms with E-state index in [1.165, 1.54) is 34.4 Å². The number of hydrogen-bond acceptors (Lipinski definition) is 7. The summed E-state index contributed by atoms with van der Waals surface area (Å²) < 4.78 is 10.9. The van der Waals surface area contributed by atoms with Crippen LogP contribution >= 0.6 is 23.3 Å². The van der Waals surface area contributed by atoms with Crippen molar-refractivity contribution < 1.29 is 4.42 Å². The molecule has 0 radical (unpaired) electrons. The minimum absolute atomic E-state index is 0.319. The Morgan fingerprint density at radius 3 is 2.45 bits per heavy atom. The van der Waals surface area contributed by atoms with Crippen molar-refractivity contribution in [3.05, 3.63) is 35.2 Å². The van der Waals surface area contributed by atoms with Gasteiger partial charge in [0.15, 0.2) is 4.34 Å². The molecule has 1 aromatic carbocycles. The number of aryl methyl sites for hydroxylation is 2. The summed E-state index contributed by atoms with van der Waals surface area (Å²) in [5.41, 5.74) is 3.29. The molecule has 2 heterocycles. The highest BCUT2D eigenvalue weighted by atomic mass is 32.2. The average Bonchev–Trinajstić information content (AvgIpc) is 3.07. The SMILES string of the molecule is Cc1cc(C)cc(-c2nnc(Sc3nc(C(C)C)ns3)o2)c1. The van der Waals surface area contributed by atoms with E-state index in [-0.39, 0.29) is 0 Å². The zero-order valence-electron chi connectivity index (χ0n) is 12.8. The lowest BCUT2D eigenvalue weighted by atomic mass is 10.1. The molecule has 0 N–H and O–H groups in total. The Labute approximate surface area is 137 Å².